The van der Waals surface area contributed by atoms with Gasteiger partial charge in [0.25, 0.3) is 11.5 Å². The Labute approximate surface area is 201 Å². The fraction of sp³-hybridized carbons (Fsp3) is 0.240. The Morgan fingerprint density at radius 1 is 1.03 bits per heavy atom. The van der Waals surface area contributed by atoms with Gasteiger partial charge in [0.2, 0.25) is 5.88 Å². The maximum Gasteiger partial charge on any atom is 0.277 e. The Hall–Kier alpha value is -3.85. The molecule has 0 bridgehead atoms. The molecule has 1 N–H and O–H groups in total. The van der Waals surface area contributed by atoms with E-state index in [-0.39, 0.29) is 11.5 Å². The molecule has 0 saturated heterocycles. The average Bonchev–Trinajstić information content (AvgIpc) is 3.17. The largest absolute Gasteiger partial charge is 0.439 e. The average molecular weight is 476 g/mol. The summed E-state index contributed by atoms with van der Waals surface area (Å²) >= 11 is 1.18. The molecule has 0 radical (unpaired) electrons. The predicted octanol–water partition coefficient (Wildman–Crippen LogP) is 4.89. The second-order valence-corrected chi connectivity index (χ2v) is 9.13. The van der Waals surface area contributed by atoms with Crippen molar-refractivity contribution in [1.82, 2.24) is 19.7 Å². The second kappa shape index (κ2) is 9.18. The van der Waals surface area contributed by atoms with Gasteiger partial charge in [-0.15, -0.1) is 11.3 Å². The summed E-state index contributed by atoms with van der Waals surface area (Å²) in [5.41, 5.74) is 5.13. The van der Waals surface area contributed by atoms with Crippen molar-refractivity contribution in [3.05, 3.63) is 79.8 Å². The molecule has 0 spiro atoms. The zero-order valence-electron chi connectivity index (χ0n) is 19.9. The van der Waals surface area contributed by atoms with Gasteiger partial charge in [0.05, 0.1) is 28.8 Å². The van der Waals surface area contributed by atoms with Crippen LogP contribution in [0.4, 0.5) is 5.69 Å². The number of pyridine rings is 1. The zero-order valence-corrected chi connectivity index (χ0v) is 20.7. The zero-order chi connectivity index (χ0) is 24.6. The number of nitrogens with zero attached hydrogens (tertiary/aromatic N) is 4. The monoisotopic (exact) mass is 475 g/mol. The van der Waals surface area contributed by atoms with Crippen molar-refractivity contribution >= 4 is 22.9 Å². The van der Waals surface area contributed by atoms with Crippen LogP contribution in [0, 0.1) is 34.6 Å². The number of nitrogens with one attached hydrogen (secondary N) is 1. The van der Waals surface area contributed by atoms with Crippen molar-refractivity contribution in [3.8, 4) is 22.2 Å². The number of carbonyl (C=O) groups excluding carboxylic acids is 1. The third kappa shape index (κ3) is 4.60. The molecule has 1 aromatic carbocycles. The van der Waals surface area contributed by atoms with Crippen molar-refractivity contribution in [2.24, 2.45) is 7.05 Å². The molecule has 0 aliphatic carbocycles. The van der Waals surface area contributed by atoms with Gasteiger partial charge >= 0.3 is 0 Å². The summed E-state index contributed by atoms with van der Waals surface area (Å²) in [6, 6.07) is 9.27. The maximum absolute atomic E-state index is 12.9. The van der Waals surface area contributed by atoms with Gasteiger partial charge < -0.3 is 10.1 Å². The molecule has 0 unspecified atom stereocenters. The van der Waals surface area contributed by atoms with Crippen LogP contribution < -0.4 is 15.6 Å². The van der Waals surface area contributed by atoms with E-state index in [0.29, 0.717) is 38.5 Å². The summed E-state index contributed by atoms with van der Waals surface area (Å²) in [5, 5.41) is 7.55. The number of amides is 1. The van der Waals surface area contributed by atoms with E-state index >= 15 is 0 Å². The maximum atomic E-state index is 12.9. The lowest BCUT2D eigenvalue weighted by atomic mass is 10.1. The van der Waals surface area contributed by atoms with Gasteiger partial charge in [0, 0.05) is 13.1 Å². The van der Waals surface area contributed by atoms with Crippen LogP contribution in [0.1, 0.15) is 37.7 Å². The van der Waals surface area contributed by atoms with Gasteiger partial charge in [-0.3, -0.25) is 9.59 Å². The summed E-state index contributed by atoms with van der Waals surface area (Å²) in [6.07, 6.45) is 1.54. The SMILES string of the molecule is Cc1ccc(Oc2ccc(NC(=O)c3sc(-c4c(C)c(C)nn(C)c4=O)nc3C)cn2)cc1C. The summed E-state index contributed by atoms with van der Waals surface area (Å²) in [5.74, 6) is 0.816. The molecule has 9 heteroatoms. The quantitative estimate of drug-likeness (QED) is 0.441. The van der Waals surface area contributed by atoms with Crippen LogP contribution in [-0.4, -0.2) is 25.7 Å². The van der Waals surface area contributed by atoms with E-state index in [1.54, 1.807) is 26.1 Å². The molecule has 0 aliphatic rings. The number of carbonyl (C=O) groups is 1. The third-order valence-electron chi connectivity index (χ3n) is 5.64. The van der Waals surface area contributed by atoms with E-state index < -0.39 is 0 Å². The van der Waals surface area contributed by atoms with E-state index in [0.717, 1.165) is 16.8 Å². The molecular formula is C25H25N5O3S. The number of hydrogen-bond acceptors (Lipinski definition) is 7. The number of rotatable bonds is 5. The molecule has 4 aromatic rings. The lowest BCUT2D eigenvalue weighted by molar-refractivity contribution is 0.102. The molecule has 174 valence electrons. The van der Waals surface area contributed by atoms with E-state index in [2.05, 4.69) is 20.4 Å². The van der Waals surface area contributed by atoms with E-state index in [1.165, 1.54) is 27.8 Å². The van der Waals surface area contributed by atoms with Gasteiger partial charge in [-0.2, -0.15) is 5.10 Å². The highest BCUT2D eigenvalue weighted by molar-refractivity contribution is 7.17. The van der Waals surface area contributed by atoms with Crippen LogP contribution in [0.25, 0.3) is 10.6 Å². The standard InChI is InChI=1S/C25H25N5O3S/c1-13-7-9-19(11-14(13)2)33-20-10-8-18(12-26-20)28-23(31)22-17(5)27-24(34-22)21-15(3)16(4)29-30(6)25(21)32/h7-12H,1-6H3,(H,28,31). The number of anilines is 1. The number of aryl methyl sites for hydroxylation is 5. The topological polar surface area (TPSA) is 99.0 Å². The third-order valence-corrected chi connectivity index (χ3v) is 6.81. The molecule has 0 atom stereocenters. The minimum Gasteiger partial charge on any atom is -0.439 e. The van der Waals surface area contributed by atoms with E-state index in [1.807, 2.05) is 45.9 Å². The normalized spacial score (nSPS) is 10.9. The number of hydrogen-bond donors (Lipinski definition) is 1. The first-order valence-electron chi connectivity index (χ1n) is 10.7. The first-order chi connectivity index (χ1) is 16.1. The van der Waals surface area contributed by atoms with Crippen LogP contribution in [0.5, 0.6) is 11.6 Å². The molecule has 0 aliphatic heterocycles. The number of benzene rings is 1. The van der Waals surface area contributed by atoms with Crippen LogP contribution >= 0.6 is 11.3 Å². The van der Waals surface area contributed by atoms with Gasteiger partial charge in [-0.1, -0.05) is 6.07 Å². The first kappa shape index (κ1) is 23.3. The molecule has 1 amide bonds. The number of thiazole rings is 1. The Morgan fingerprint density at radius 2 is 1.79 bits per heavy atom. The lowest BCUT2D eigenvalue weighted by Crippen LogP contribution is -2.23. The van der Waals surface area contributed by atoms with Gasteiger partial charge in [0.15, 0.2) is 0 Å². The first-order valence-corrected chi connectivity index (χ1v) is 11.5. The number of aromatic nitrogens is 4. The highest BCUT2D eigenvalue weighted by atomic mass is 32.1. The highest BCUT2D eigenvalue weighted by Crippen LogP contribution is 2.29. The van der Waals surface area contributed by atoms with E-state index in [9.17, 15) is 9.59 Å². The molecule has 34 heavy (non-hydrogen) atoms. The fourth-order valence-electron chi connectivity index (χ4n) is 3.42. The van der Waals surface area contributed by atoms with Crippen molar-refractivity contribution in [2.45, 2.75) is 34.6 Å². The Bertz CT molecular complexity index is 1450. The Morgan fingerprint density at radius 3 is 2.47 bits per heavy atom. The molecule has 0 fully saturated rings. The molecule has 4 rings (SSSR count). The van der Waals surface area contributed by atoms with Crippen LogP contribution in [-0.2, 0) is 7.05 Å². The van der Waals surface area contributed by atoms with Crippen molar-refractivity contribution < 1.29 is 9.53 Å². The van der Waals surface area contributed by atoms with Crippen molar-refractivity contribution in [2.75, 3.05) is 5.32 Å². The summed E-state index contributed by atoms with van der Waals surface area (Å²) < 4.78 is 7.10. The van der Waals surface area contributed by atoms with Crippen molar-refractivity contribution in [1.29, 1.82) is 0 Å². The van der Waals surface area contributed by atoms with Crippen molar-refractivity contribution in [3.63, 3.8) is 0 Å². The highest BCUT2D eigenvalue weighted by Gasteiger charge is 2.21. The fourth-order valence-corrected chi connectivity index (χ4v) is 4.47. The predicted molar refractivity (Wildman–Crippen MR) is 133 cm³/mol. The smallest absolute Gasteiger partial charge is 0.277 e. The molecule has 0 saturated carbocycles. The second-order valence-electron chi connectivity index (χ2n) is 8.14. The minimum atomic E-state index is -0.314. The Balaban J connectivity index is 1.52. The Kier molecular flexibility index (Phi) is 6.30. The molecule has 3 aromatic heterocycles. The summed E-state index contributed by atoms with van der Waals surface area (Å²) in [7, 11) is 1.60. The minimum absolute atomic E-state index is 0.243. The van der Waals surface area contributed by atoms with Gasteiger partial charge in [-0.05, 0) is 69.5 Å². The van der Waals surface area contributed by atoms with E-state index in [4.69, 9.17) is 4.74 Å². The summed E-state index contributed by atoms with van der Waals surface area (Å²) in [4.78, 5) is 34.8. The van der Waals surface area contributed by atoms with Crippen LogP contribution in [0.2, 0.25) is 0 Å². The molecule has 3 heterocycles. The summed E-state index contributed by atoms with van der Waals surface area (Å²) in [6.45, 7) is 9.49. The molecule has 8 nitrogen and oxygen atoms in total. The van der Waals surface area contributed by atoms with Crippen LogP contribution in [0.3, 0.4) is 0 Å². The van der Waals surface area contributed by atoms with Crippen LogP contribution in [0.15, 0.2) is 41.3 Å². The van der Waals surface area contributed by atoms with Gasteiger partial charge in [-0.25, -0.2) is 14.6 Å². The lowest BCUT2D eigenvalue weighted by Gasteiger charge is -2.08. The molecular weight excluding hydrogens is 450 g/mol. The number of ether oxygens (including phenoxy) is 1. The van der Waals surface area contributed by atoms with Gasteiger partial charge in [0.1, 0.15) is 15.6 Å².